The number of alkyl halides is 5. The summed E-state index contributed by atoms with van der Waals surface area (Å²) in [4.78, 5) is 13.2. The van der Waals surface area contributed by atoms with Gasteiger partial charge in [0.25, 0.3) is 6.43 Å². The van der Waals surface area contributed by atoms with Crippen molar-refractivity contribution in [2.45, 2.75) is 12.6 Å². The molecular weight excluding hydrogens is 251 g/mol. The average Bonchev–Trinajstić information content (AvgIpc) is 2.14. The summed E-state index contributed by atoms with van der Waals surface area (Å²) in [7, 11) is 0. The zero-order valence-electron chi connectivity index (χ0n) is 7.92. The topological polar surface area (TPSA) is 76.2 Å². The van der Waals surface area contributed by atoms with Gasteiger partial charge in [-0.05, 0) is 6.07 Å². The molecule has 0 spiro atoms. The number of anilines is 1. The van der Waals surface area contributed by atoms with Crippen LogP contribution >= 0.6 is 0 Å². The van der Waals surface area contributed by atoms with Gasteiger partial charge in [-0.3, -0.25) is 0 Å². The normalized spacial score (nSPS) is 11.9. The number of carboxylic acids is 1. The van der Waals surface area contributed by atoms with Gasteiger partial charge in [0.1, 0.15) is 5.69 Å². The molecule has 0 aliphatic rings. The molecule has 1 rings (SSSR count). The maximum absolute atomic E-state index is 12.3. The summed E-state index contributed by atoms with van der Waals surface area (Å²) in [6.07, 6.45) is -8.63. The Hall–Kier alpha value is -1.93. The largest absolute Gasteiger partial charge is 0.476 e. The van der Waals surface area contributed by atoms with Gasteiger partial charge >= 0.3 is 12.1 Å². The number of aromatic nitrogens is 1. The van der Waals surface area contributed by atoms with Gasteiger partial charge in [0, 0.05) is 0 Å². The van der Waals surface area contributed by atoms with Crippen LogP contribution in [0.4, 0.5) is 27.6 Å². The Morgan fingerprint density at radius 2 is 1.94 bits per heavy atom. The lowest BCUT2D eigenvalue weighted by Gasteiger charge is -2.13. The average molecular weight is 256 g/mol. The van der Waals surface area contributed by atoms with Crippen molar-refractivity contribution >= 4 is 11.7 Å². The number of carboxylic acid groups (broad SMARTS) is 1. The van der Waals surface area contributed by atoms with Crippen molar-refractivity contribution in [3.05, 3.63) is 23.0 Å². The Bertz CT molecular complexity index is 458. The van der Waals surface area contributed by atoms with Gasteiger partial charge in [-0.15, -0.1) is 0 Å². The third-order valence-electron chi connectivity index (χ3n) is 1.80. The highest BCUT2D eigenvalue weighted by molar-refractivity contribution is 5.91. The van der Waals surface area contributed by atoms with Crippen molar-refractivity contribution in [2.24, 2.45) is 0 Å². The first kappa shape index (κ1) is 13.1. The van der Waals surface area contributed by atoms with Crippen LogP contribution in [0.3, 0.4) is 0 Å². The fourth-order valence-electron chi connectivity index (χ4n) is 1.11. The van der Waals surface area contributed by atoms with Crippen LogP contribution in [0.2, 0.25) is 0 Å². The quantitative estimate of drug-likeness (QED) is 0.796. The van der Waals surface area contributed by atoms with Gasteiger partial charge in [-0.25, -0.2) is 18.6 Å². The van der Waals surface area contributed by atoms with E-state index in [2.05, 4.69) is 4.98 Å². The highest BCUT2D eigenvalue weighted by Crippen LogP contribution is 2.36. The fourth-order valence-corrected chi connectivity index (χ4v) is 1.11. The molecule has 0 saturated heterocycles. The van der Waals surface area contributed by atoms with Crippen LogP contribution in [0.25, 0.3) is 0 Å². The molecule has 0 fully saturated rings. The minimum atomic E-state index is -5.08. The standard InChI is InChI=1S/C8H5F5N2O2/c9-6(10)4-2(8(11,12)13)1-3(14)5(15-4)7(16)17/h1,6H,14H2,(H,16,17). The van der Waals surface area contributed by atoms with Gasteiger partial charge in [0.15, 0.2) is 5.69 Å². The maximum atomic E-state index is 12.3. The Morgan fingerprint density at radius 3 is 2.29 bits per heavy atom. The molecule has 0 aromatic carbocycles. The molecule has 0 aliphatic carbocycles. The zero-order valence-corrected chi connectivity index (χ0v) is 7.92. The van der Waals surface area contributed by atoms with E-state index in [1.54, 1.807) is 0 Å². The molecule has 9 heteroatoms. The van der Waals surface area contributed by atoms with Crippen LogP contribution in [-0.2, 0) is 6.18 Å². The van der Waals surface area contributed by atoms with Crippen LogP contribution in [-0.4, -0.2) is 16.1 Å². The maximum Gasteiger partial charge on any atom is 0.418 e. The van der Waals surface area contributed by atoms with E-state index in [1.165, 1.54) is 0 Å². The second-order valence-electron chi connectivity index (χ2n) is 2.96. The number of aromatic carboxylic acids is 1. The Kier molecular flexibility index (Phi) is 3.21. The molecule has 0 saturated carbocycles. The summed E-state index contributed by atoms with van der Waals surface area (Å²) in [5.41, 5.74) is -0.249. The van der Waals surface area contributed by atoms with Gasteiger partial charge in [0.2, 0.25) is 0 Å². The number of carbonyl (C=O) groups is 1. The number of hydrogen-bond donors (Lipinski definition) is 2. The Balaban J connectivity index is 3.53. The first-order valence-electron chi connectivity index (χ1n) is 4.03. The SMILES string of the molecule is Nc1cc(C(F)(F)F)c(C(F)F)nc1C(=O)O. The summed E-state index contributed by atoms with van der Waals surface area (Å²) >= 11 is 0. The zero-order chi connectivity index (χ0) is 13.4. The predicted octanol–water partition coefficient (Wildman–Crippen LogP) is 2.32. The predicted molar refractivity (Wildman–Crippen MR) is 45.6 cm³/mol. The lowest BCUT2D eigenvalue weighted by Crippen LogP contribution is -2.16. The number of pyridine rings is 1. The molecule has 0 radical (unpaired) electrons. The van der Waals surface area contributed by atoms with E-state index in [1.807, 2.05) is 0 Å². The van der Waals surface area contributed by atoms with E-state index in [4.69, 9.17) is 10.8 Å². The summed E-state index contributed by atoms with van der Waals surface area (Å²) < 4.78 is 61.7. The lowest BCUT2D eigenvalue weighted by molar-refractivity contribution is -0.139. The smallest absolute Gasteiger partial charge is 0.418 e. The molecule has 0 aliphatic heterocycles. The summed E-state index contributed by atoms with van der Waals surface area (Å²) in [5, 5.41) is 8.50. The van der Waals surface area contributed by atoms with Gasteiger partial charge in [0.05, 0.1) is 11.3 Å². The molecule has 1 aromatic rings. The number of halogens is 5. The van der Waals surface area contributed by atoms with E-state index in [-0.39, 0.29) is 6.07 Å². The van der Waals surface area contributed by atoms with E-state index >= 15 is 0 Å². The van der Waals surface area contributed by atoms with Crippen LogP contribution in [0.15, 0.2) is 6.07 Å². The van der Waals surface area contributed by atoms with Crippen molar-refractivity contribution in [3.8, 4) is 0 Å². The van der Waals surface area contributed by atoms with Crippen molar-refractivity contribution in [1.29, 1.82) is 0 Å². The lowest BCUT2D eigenvalue weighted by atomic mass is 10.1. The summed E-state index contributed by atoms with van der Waals surface area (Å²) in [5.74, 6) is -1.78. The van der Waals surface area contributed by atoms with E-state index < -0.39 is 41.2 Å². The molecule has 0 atom stereocenters. The number of nitrogens with zero attached hydrogens (tertiary/aromatic N) is 1. The van der Waals surface area contributed by atoms with Gasteiger partial charge < -0.3 is 10.8 Å². The Morgan fingerprint density at radius 1 is 1.41 bits per heavy atom. The number of nitrogen functional groups attached to an aromatic ring is 1. The van der Waals surface area contributed by atoms with E-state index in [0.717, 1.165) is 0 Å². The third kappa shape index (κ3) is 2.60. The first-order chi connectivity index (χ1) is 7.64. The minimum Gasteiger partial charge on any atom is -0.476 e. The van der Waals surface area contributed by atoms with Crippen LogP contribution in [0, 0.1) is 0 Å². The monoisotopic (exact) mass is 256 g/mol. The molecule has 1 aromatic heterocycles. The fraction of sp³-hybridized carbons (Fsp3) is 0.250. The van der Waals surface area contributed by atoms with E-state index in [0.29, 0.717) is 0 Å². The third-order valence-corrected chi connectivity index (χ3v) is 1.80. The molecule has 1 heterocycles. The van der Waals surface area contributed by atoms with Crippen LogP contribution in [0.5, 0.6) is 0 Å². The van der Waals surface area contributed by atoms with Crippen molar-refractivity contribution in [3.63, 3.8) is 0 Å². The van der Waals surface area contributed by atoms with E-state index in [9.17, 15) is 26.7 Å². The van der Waals surface area contributed by atoms with Crippen molar-refractivity contribution in [1.82, 2.24) is 4.98 Å². The van der Waals surface area contributed by atoms with Crippen LogP contribution in [0.1, 0.15) is 28.2 Å². The number of nitrogens with two attached hydrogens (primary N) is 1. The summed E-state index contributed by atoms with van der Waals surface area (Å²) in [6.45, 7) is 0. The van der Waals surface area contributed by atoms with Crippen molar-refractivity contribution < 1.29 is 31.9 Å². The molecule has 94 valence electrons. The minimum absolute atomic E-state index is 0.137. The van der Waals surface area contributed by atoms with Crippen LogP contribution < -0.4 is 5.73 Å². The highest BCUT2D eigenvalue weighted by Gasteiger charge is 2.38. The highest BCUT2D eigenvalue weighted by atomic mass is 19.4. The molecule has 0 unspecified atom stereocenters. The molecule has 3 N–H and O–H groups in total. The molecule has 4 nitrogen and oxygen atoms in total. The molecule has 0 bridgehead atoms. The molecule has 17 heavy (non-hydrogen) atoms. The second-order valence-corrected chi connectivity index (χ2v) is 2.96. The Labute approximate surface area is 90.9 Å². The number of hydrogen-bond acceptors (Lipinski definition) is 3. The summed E-state index contributed by atoms with van der Waals surface area (Å²) in [6, 6.07) is 0.137. The second kappa shape index (κ2) is 4.15. The first-order valence-corrected chi connectivity index (χ1v) is 4.03. The van der Waals surface area contributed by atoms with Crippen molar-refractivity contribution in [2.75, 3.05) is 5.73 Å². The van der Waals surface area contributed by atoms with Gasteiger partial charge in [-0.2, -0.15) is 13.2 Å². The molecule has 0 amide bonds. The molecular formula is C8H5F5N2O2. The number of rotatable bonds is 2. The van der Waals surface area contributed by atoms with Gasteiger partial charge in [-0.1, -0.05) is 0 Å².